The quantitative estimate of drug-likeness (QED) is 0.649. The number of methoxy groups -OCH3 is 1. The zero-order valence-corrected chi connectivity index (χ0v) is 15.8. The number of carbonyl (C=O) groups excluding carboxylic acids is 2. The van der Waals surface area contributed by atoms with Crippen molar-refractivity contribution in [1.82, 2.24) is 5.32 Å². The van der Waals surface area contributed by atoms with Crippen molar-refractivity contribution in [1.29, 1.82) is 0 Å². The molecule has 7 nitrogen and oxygen atoms in total. The Hall–Kier alpha value is -2.04. The number of esters is 1. The summed E-state index contributed by atoms with van der Waals surface area (Å²) in [5, 5.41) is 2.68. The van der Waals surface area contributed by atoms with E-state index in [-0.39, 0.29) is 24.9 Å². The highest BCUT2D eigenvalue weighted by Gasteiger charge is 2.33. The maximum atomic E-state index is 12.4. The van der Waals surface area contributed by atoms with Crippen molar-refractivity contribution in [2.45, 2.75) is 43.9 Å². The molecule has 1 saturated heterocycles. The van der Waals surface area contributed by atoms with Gasteiger partial charge in [-0.05, 0) is 30.5 Å². The van der Waals surface area contributed by atoms with Crippen molar-refractivity contribution in [3.05, 3.63) is 29.8 Å². The summed E-state index contributed by atoms with van der Waals surface area (Å²) in [7, 11) is 1.20. The van der Waals surface area contributed by atoms with Crippen LogP contribution in [0.15, 0.2) is 24.3 Å². The zero-order valence-electron chi connectivity index (χ0n) is 15.0. The molecule has 3 atom stereocenters. The van der Waals surface area contributed by atoms with Gasteiger partial charge in [-0.25, -0.2) is 0 Å². The predicted molar refractivity (Wildman–Crippen MR) is 94.8 cm³/mol. The van der Waals surface area contributed by atoms with Gasteiger partial charge in [-0.3, -0.25) is 9.59 Å². The van der Waals surface area contributed by atoms with Crippen molar-refractivity contribution < 1.29 is 37.0 Å². The van der Waals surface area contributed by atoms with Crippen LogP contribution in [-0.2, 0) is 19.1 Å². The number of hydrogen-bond acceptors (Lipinski definition) is 6. The molecule has 11 heteroatoms. The van der Waals surface area contributed by atoms with E-state index < -0.39 is 36.1 Å². The largest absolute Gasteiger partial charge is 0.573 e. The molecule has 3 N–H and O–H groups in total. The summed E-state index contributed by atoms with van der Waals surface area (Å²) in [6.45, 7) is 0.302. The normalized spacial score (nSPS) is 20.0. The maximum Gasteiger partial charge on any atom is 0.573 e. The minimum Gasteiger partial charge on any atom is -0.469 e. The van der Waals surface area contributed by atoms with Gasteiger partial charge in [0.15, 0.2) is 0 Å². The Morgan fingerprint density at radius 2 is 1.93 bits per heavy atom. The molecule has 0 bridgehead atoms. The molecule has 158 valence electrons. The molecule has 1 aliphatic heterocycles. The van der Waals surface area contributed by atoms with E-state index in [9.17, 15) is 22.8 Å². The van der Waals surface area contributed by atoms with Crippen molar-refractivity contribution in [3.8, 4) is 5.75 Å². The molecule has 28 heavy (non-hydrogen) atoms. The minimum absolute atomic E-state index is 0. The molecule has 0 aliphatic carbocycles. The van der Waals surface area contributed by atoms with Crippen molar-refractivity contribution in [2.24, 2.45) is 5.73 Å². The van der Waals surface area contributed by atoms with Crippen LogP contribution in [0.1, 0.15) is 30.9 Å². The summed E-state index contributed by atoms with van der Waals surface area (Å²) in [5.74, 6) is -1.40. The Morgan fingerprint density at radius 1 is 1.29 bits per heavy atom. The third-order valence-corrected chi connectivity index (χ3v) is 4.09. The van der Waals surface area contributed by atoms with Crippen molar-refractivity contribution in [3.63, 3.8) is 0 Å². The molecule has 0 saturated carbocycles. The van der Waals surface area contributed by atoms with E-state index in [0.29, 0.717) is 24.9 Å². The summed E-state index contributed by atoms with van der Waals surface area (Å²) in [4.78, 5) is 24.1. The van der Waals surface area contributed by atoms with Gasteiger partial charge in [-0.15, -0.1) is 25.6 Å². The Labute approximate surface area is 166 Å². The summed E-state index contributed by atoms with van der Waals surface area (Å²) in [6.07, 6.45) is -4.73. The minimum atomic E-state index is -4.81. The molecule has 1 fully saturated rings. The molecule has 1 aromatic carbocycles. The third-order valence-electron chi connectivity index (χ3n) is 4.09. The van der Waals surface area contributed by atoms with Crippen LogP contribution in [0.3, 0.4) is 0 Å². The highest BCUT2D eigenvalue weighted by molar-refractivity contribution is 5.85. The first kappa shape index (κ1) is 24.0. The molecule has 2 rings (SSSR count). The second-order valence-corrected chi connectivity index (χ2v) is 6.02. The van der Waals surface area contributed by atoms with E-state index in [4.69, 9.17) is 10.5 Å². The molecule has 0 aromatic heterocycles. The Morgan fingerprint density at radius 3 is 2.43 bits per heavy atom. The van der Waals surface area contributed by atoms with Crippen molar-refractivity contribution >= 4 is 24.3 Å². The number of alkyl halides is 3. The SMILES string of the molecule is COC(=O)CC(NC(=O)[C@@H]1CC[C@H](CN)O1)c1ccc(OC(F)(F)F)cc1.Cl. The fraction of sp³-hybridized carbons (Fsp3) is 0.529. The van der Waals surface area contributed by atoms with Crippen LogP contribution in [-0.4, -0.2) is 44.1 Å². The first-order valence-corrected chi connectivity index (χ1v) is 8.30. The summed E-state index contributed by atoms with van der Waals surface area (Å²) < 4.78 is 50.7. The van der Waals surface area contributed by atoms with Crippen LogP contribution in [0.5, 0.6) is 5.75 Å². The average Bonchev–Trinajstić information content (AvgIpc) is 3.09. The molecule has 1 unspecified atom stereocenters. The molecule has 1 amide bonds. The number of ether oxygens (including phenoxy) is 3. The van der Waals surface area contributed by atoms with Gasteiger partial charge >= 0.3 is 12.3 Å². The lowest BCUT2D eigenvalue weighted by atomic mass is 10.0. The van der Waals surface area contributed by atoms with Gasteiger partial charge in [0.1, 0.15) is 11.9 Å². The number of benzene rings is 1. The van der Waals surface area contributed by atoms with E-state index >= 15 is 0 Å². The standard InChI is InChI=1S/C17H21F3N2O5.ClH/c1-25-15(23)8-13(22-16(24)14-7-6-12(9-21)26-14)10-2-4-11(5-3-10)27-17(18,19)20;/h2-5,12-14H,6-9,21H2,1H3,(H,22,24);1H/t12-,13?,14+;/m1./s1. The number of amides is 1. The van der Waals surface area contributed by atoms with Gasteiger partial charge in [-0.1, -0.05) is 12.1 Å². The molecule has 0 spiro atoms. The molecule has 1 heterocycles. The Balaban J connectivity index is 0.00000392. The molecular weight excluding hydrogens is 405 g/mol. The third kappa shape index (κ3) is 7.17. The Bertz CT molecular complexity index is 657. The molecule has 1 aliphatic rings. The van der Waals surface area contributed by atoms with Gasteiger partial charge in [0.2, 0.25) is 5.91 Å². The topological polar surface area (TPSA) is 99.9 Å². The molecule has 1 aromatic rings. The van der Waals surface area contributed by atoms with Crippen LogP contribution < -0.4 is 15.8 Å². The average molecular weight is 427 g/mol. The number of nitrogens with one attached hydrogen (secondary N) is 1. The number of carbonyl (C=O) groups is 2. The van der Waals surface area contributed by atoms with Crippen LogP contribution in [0.4, 0.5) is 13.2 Å². The van der Waals surface area contributed by atoms with Gasteiger partial charge in [0.05, 0.1) is 25.7 Å². The van der Waals surface area contributed by atoms with E-state index in [0.717, 1.165) is 12.1 Å². The second-order valence-electron chi connectivity index (χ2n) is 6.02. The highest BCUT2D eigenvalue weighted by Crippen LogP contribution is 2.26. The van der Waals surface area contributed by atoms with Gasteiger partial charge in [0.25, 0.3) is 0 Å². The Kier molecular flexibility index (Phi) is 8.99. The lowest BCUT2D eigenvalue weighted by Gasteiger charge is -2.21. The van der Waals surface area contributed by atoms with Crippen LogP contribution in [0.25, 0.3) is 0 Å². The van der Waals surface area contributed by atoms with Gasteiger partial charge in [-0.2, -0.15) is 0 Å². The summed E-state index contributed by atoms with van der Waals surface area (Å²) in [5.41, 5.74) is 5.95. The smallest absolute Gasteiger partial charge is 0.469 e. The fourth-order valence-electron chi connectivity index (χ4n) is 2.74. The van der Waals surface area contributed by atoms with Crippen LogP contribution in [0, 0.1) is 0 Å². The maximum absolute atomic E-state index is 12.4. The van der Waals surface area contributed by atoms with E-state index in [1.165, 1.54) is 19.2 Å². The van der Waals surface area contributed by atoms with Gasteiger partial charge in [0, 0.05) is 6.54 Å². The monoisotopic (exact) mass is 426 g/mol. The lowest BCUT2D eigenvalue weighted by Crippen LogP contribution is -2.38. The lowest BCUT2D eigenvalue weighted by molar-refractivity contribution is -0.274. The van der Waals surface area contributed by atoms with Crippen molar-refractivity contribution in [2.75, 3.05) is 13.7 Å². The molecule has 0 radical (unpaired) electrons. The van der Waals surface area contributed by atoms with E-state index in [2.05, 4.69) is 14.8 Å². The highest BCUT2D eigenvalue weighted by atomic mass is 35.5. The van der Waals surface area contributed by atoms with E-state index in [1.54, 1.807) is 0 Å². The number of rotatable bonds is 7. The first-order valence-electron chi connectivity index (χ1n) is 8.30. The fourth-order valence-corrected chi connectivity index (χ4v) is 2.74. The summed E-state index contributed by atoms with van der Waals surface area (Å²) >= 11 is 0. The molecular formula is C17H22ClF3N2O5. The summed E-state index contributed by atoms with van der Waals surface area (Å²) in [6, 6.07) is 4.11. The number of halogens is 4. The van der Waals surface area contributed by atoms with E-state index in [1.807, 2.05) is 0 Å². The van der Waals surface area contributed by atoms with Gasteiger partial charge < -0.3 is 25.3 Å². The second kappa shape index (κ2) is 10.5. The number of nitrogens with two attached hydrogens (primary N) is 1. The zero-order chi connectivity index (χ0) is 20.0. The number of hydrogen-bond donors (Lipinski definition) is 2. The van der Waals surface area contributed by atoms with Crippen LogP contribution >= 0.6 is 12.4 Å². The van der Waals surface area contributed by atoms with Crippen LogP contribution in [0.2, 0.25) is 0 Å². The first-order chi connectivity index (χ1) is 12.7. The predicted octanol–water partition coefficient (Wildman–Crippen LogP) is 2.23.